The summed E-state index contributed by atoms with van der Waals surface area (Å²) in [5, 5.41) is 8.74. The van der Waals surface area contributed by atoms with E-state index in [9.17, 15) is 4.79 Å². The molecule has 0 unspecified atom stereocenters. The summed E-state index contributed by atoms with van der Waals surface area (Å²) >= 11 is 0. The number of unbranched alkanes of at least 4 members (excludes halogenated alkanes) is 2. The molecular formula is C19H24N4O2. The molecule has 0 aliphatic rings. The van der Waals surface area contributed by atoms with Gasteiger partial charge in [0, 0.05) is 5.71 Å². The Balaban J connectivity index is 2.23. The second-order valence-electron chi connectivity index (χ2n) is 5.71. The zero-order valence-corrected chi connectivity index (χ0v) is 14.4. The second kappa shape index (κ2) is 9.54. The molecule has 0 aliphatic carbocycles. The van der Waals surface area contributed by atoms with E-state index in [-0.39, 0.29) is 18.1 Å². The fraction of sp³-hybridized carbons (Fsp3) is 0.316. The maximum absolute atomic E-state index is 12.2. The Kier molecular flexibility index (Phi) is 7.10. The number of hydrogen-bond donors (Lipinski definition) is 3. The highest BCUT2D eigenvalue weighted by Gasteiger charge is 2.09. The molecule has 0 spiro atoms. The summed E-state index contributed by atoms with van der Waals surface area (Å²) in [5.74, 6) is 0.0957. The molecule has 0 amide bonds. The molecule has 1 heterocycles. The van der Waals surface area contributed by atoms with Crippen molar-refractivity contribution in [2.24, 2.45) is 4.99 Å². The van der Waals surface area contributed by atoms with Crippen molar-refractivity contribution in [2.45, 2.75) is 32.6 Å². The normalized spacial score (nSPS) is 12.0. The van der Waals surface area contributed by atoms with Crippen molar-refractivity contribution in [3.63, 3.8) is 0 Å². The molecule has 6 nitrogen and oxygen atoms in total. The molecule has 1 aromatic carbocycles. The molecule has 0 bridgehead atoms. The van der Waals surface area contributed by atoms with Gasteiger partial charge in [-0.05, 0) is 38.2 Å². The van der Waals surface area contributed by atoms with Gasteiger partial charge >= 0.3 is 0 Å². The first-order valence-corrected chi connectivity index (χ1v) is 8.37. The van der Waals surface area contributed by atoms with E-state index in [1.54, 1.807) is 13.0 Å². The molecule has 0 radical (unpaired) electrons. The number of anilines is 1. The van der Waals surface area contributed by atoms with Gasteiger partial charge in [-0.25, -0.2) is 9.98 Å². The lowest BCUT2D eigenvalue weighted by Gasteiger charge is -2.08. The molecule has 0 fully saturated rings. The van der Waals surface area contributed by atoms with Gasteiger partial charge in [-0.3, -0.25) is 9.78 Å². The molecule has 2 aromatic rings. The van der Waals surface area contributed by atoms with E-state index in [1.807, 2.05) is 36.4 Å². The van der Waals surface area contributed by atoms with E-state index in [2.05, 4.69) is 15.0 Å². The number of aromatic amines is 1. The number of aryl methyl sites for hydroxylation is 1. The van der Waals surface area contributed by atoms with Gasteiger partial charge in [0.1, 0.15) is 5.69 Å². The first-order valence-electron chi connectivity index (χ1n) is 8.37. The summed E-state index contributed by atoms with van der Waals surface area (Å²) in [6.07, 6.45) is 7.29. The standard InChI is InChI=1S/C19H24N4O2/c1-14-17(18(25)23-19(20)21-14)22-16(15-10-6-5-7-11-15)12-8-3-2-4-9-13-24/h4-7,9-11,24H,2-3,8,12-13H2,1H3,(H3,20,21,23,25)/b9-4?,22-16+. The molecular weight excluding hydrogens is 316 g/mol. The summed E-state index contributed by atoms with van der Waals surface area (Å²) in [6, 6.07) is 9.82. The van der Waals surface area contributed by atoms with Crippen LogP contribution >= 0.6 is 0 Å². The van der Waals surface area contributed by atoms with Crippen LogP contribution in [0.2, 0.25) is 0 Å². The highest BCUT2D eigenvalue weighted by atomic mass is 16.2. The number of aliphatic hydroxyl groups excluding tert-OH is 1. The van der Waals surface area contributed by atoms with E-state index < -0.39 is 0 Å². The van der Waals surface area contributed by atoms with Gasteiger partial charge in [0.15, 0.2) is 0 Å². The third kappa shape index (κ3) is 5.69. The molecule has 25 heavy (non-hydrogen) atoms. The van der Waals surface area contributed by atoms with Crippen molar-refractivity contribution in [3.05, 3.63) is 64.1 Å². The van der Waals surface area contributed by atoms with Gasteiger partial charge in [-0.1, -0.05) is 42.5 Å². The van der Waals surface area contributed by atoms with Crippen LogP contribution in [0.25, 0.3) is 0 Å². The zero-order chi connectivity index (χ0) is 18.1. The Morgan fingerprint density at radius 3 is 2.72 bits per heavy atom. The fourth-order valence-electron chi connectivity index (χ4n) is 2.51. The van der Waals surface area contributed by atoms with Crippen LogP contribution in [-0.2, 0) is 0 Å². The number of aromatic nitrogens is 2. The quantitative estimate of drug-likeness (QED) is 0.390. The molecule has 2 rings (SSSR count). The van der Waals surface area contributed by atoms with Crippen LogP contribution in [-0.4, -0.2) is 27.4 Å². The number of hydrogen-bond acceptors (Lipinski definition) is 5. The predicted octanol–water partition coefficient (Wildman–Crippen LogP) is 2.89. The van der Waals surface area contributed by atoms with Crippen molar-refractivity contribution in [1.82, 2.24) is 9.97 Å². The number of aliphatic imine (C=N–C) groups is 1. The lowest BCUT2D eigenvalue weighted by molar-refractivity contribution is 0.342. The van der Waals surface area contributed by atoms with Crippen LogP contribution < -0.4 is 11.3 Å². The Morgan fingerprint density at radius 1 is 1.28 bits per heavy atom. The van der Waals surface area contributed by atoms with Crippen LogP contribution in [0.1, 0.15) is 36.9 Å². The smallest absolute Gasteiger partial charge is 0.278 e. The molecule has 132 valence electrons. The maximum atomic E-state index is 12.2. The van der Waals surface area contributed by atoms with E-state index >= 15 is 0 Å². The summed E-state index contributed by atoms with van der Waals surface area (Å²) in [6.45, 7) is 1.80. The van der Waals surface area contributed by atoms with Crippen LogP contribution in [0.3, 0.4) is 0 Å². The van der Waals surface area contributed by atoms with Gasteiger partial charge in [0.2, 0.25) is 5.95 Å². The van der Waals surface area contributed by atoms with Crippen molar-refractivity contribution in [1.29, 1.82) is 0 Å². The minimum absolute atomic E-state index is 0.0723. The van der Waals surface area contributed by atoms with Gasteiger partial charge in [-0.2, -0.15) is 0 Å². The number of nitrogen functional groups attached to an aromatic ring is 1. The summed E-state index contributed by atoms with van der Waals surface area (Å²) in [4.78, 5) is 23.4. The summed E-state index contributed by atoms with van der Waals surface area (Å²) in [7, 11) is 0. The monoisotopic (exact) mass is 340 g/mol. The van der Waals surface area contributed by atoms with E-state index in [4.69, 9.17) is 10.8 Å². The average molecular weight is 340 g/mol. The topological polar surface area (TPSA) is 104 Å². The Labute approximate surface area is 147 Å². The predicted molar refractivity (Wildman–Crippen MR) is 101 cm³/mol. The second-order valence-corrected chi connectivity index (χ2v) is 5.71. The summed E-state index contributed by atoms with van der Waals surface area (Å²) in [5.41, 5.74) is 7.90. The van der Waals surface area contributed by atoms with Crippen LogP contribution in [0.15, 0.2) is 52.3 Å². The van der Waals surface area contributed by atoms with Crippen LogP contribution in [0, 0.1) is 6.92 Å². The Morgan fingerprint density at radius 2 is 2.04 bits per heavy atom. The Bertz CT molecular complexity index is 795. The third-order valence-electron chi connectivity index (χ3n) is 3.75. The molecule has 6 heteroatoms. The van der Waals surface area contributed by atoms with E-state index in [0.717, 1.165) is 37.0 Å². The number of rotatable bonds is 8. The number of benzene rings is 1. The van der Waals surface area contributed by atoms with Gasteiger partial charge < -0.3 is 10.8 Å². The number of allylic oxidation sites excluding steroid dienone is 1. The minimum atomic E-state index is -0.329. The van der Waals surface area contributed by atoms with Crippen molar-refractivity contribution in [3.8, 4) is 0 Å². The van der Waals surface area contributed by atoms with Crippen molar-refractivity contribution in [2.75, 3.05) is 12.3 Å². The van der Waals surface area contributed by atoms with E-state index in [1.165, 1.54) is 0 Å². The SMILES string of the molecule is Cc1nc(N)[nH]c(=O)c1/N=C(\CCCCC=CCO)c1ccccc1. The molecule has 0 aliphatic heterocycles. The average Bonchev–Trinajstić information content (AvgIpc) is 2.59. The largest absolute Gasteiger partial charge is 0.392 e. The first kappa shape index (κ1) is 18.6. The number of nitrogens with two attached hydrogens (primary N) is 1. The summed E-state index contributed by atoms with van der Waals surface area (Å²) < 4.78 is 0. The Hall–Kier alpha value is -2.73. The number of aliphatic hydroxyl groups is 1. The highest BCUT2D eigenvalue weighted by Crippen LogP contribution is 2.17. The molecule has 0 saturated heterocycles. The van der Waals surface area contributed by atoms with Crippen LogP contribution in [0.5, 0.6) is 0 Å². The number of H-pyrrole nitrogens is 1. The first-order chi connectivity index (χ1) is 12.1. The van der Waals surface area contributed by atoms with E-state index in [0.29, 0.717) is 11.4 Å². The lowest BCUT2D eigenvalue weighted by Crippen LogP contribution is -2.13. The van der Waals surface area contributed by atoms with Crippen LogP contribution in [0.4, 0.5) is 11.6 Å². The molecule has 1 aromatic heterocycles. The lowest BCUT2D eigenvalue weighted by atomic mass is 10.0. The zero-order valence-electron chi connectivity index (χ0n) is 14.4. The van der Waals surface area contributed by atoms with Crippen molar-refractivity contribution >= 4 is 17.3 Å². The minimum Gasteiger partial charge on any atom is -0.392 e. The molecule has 0 atom stereocenters. The van der Waals surface area contributed by atoms with Crippen molar-refractivity contribution < 1.29 is 5.11 Å². The third-order valence-corrected chi connectivity index (χ3v) is 3.75. The molecule has 0 saturated carbocycles. The van der Waals surface area contributed by atoms with Gasteiger partial charge in [-0.15, -0.1) is 0 Å². The van der Waals surface area contributed by atoms with Gasteiger partial charge in [0.05, 0.1) is 12.3 Å². The maximum Gasteiger partial charge on any atom is 0.278 e. The highest BCUT2D eigenvalue weighted by molar-refractivity contribution is 6.02. The number of nitrogens with zero attached hydrogens (tertiary/aromatic N) is 2. The fourth-order valence-corrected chi connectivity index (χ4v) is 2.51. The number of nitrogens with one attached hydrogen (secondary N) is 1. The van der Waals surface area contributed by atoms with Gasteiger partial charge in [0.25, 0.3) is 5.56 Å². The molecule has 4 N–H and O–H groups in total.